The van der Waals surface area contributed by atoms with Crippen LogP contribution in [0.4, 0.5) is 24.7 Å². The van der Waals surface area contributed by atoms with E-state index in [-0.39, 0.29) is 28.1 Å². The summed E-state index contributed by atoms with van der Waals surface area (Å²) in [6.07, 6.45) is -2.89. The number of alkyl halides is 3. The maximum atomic E-state index is 13.5. The van der Waals surface area contributed by atoms with Crippen LogP contribution in [0, 0.1) is 13.8 Å². The third-order valence-electron chi connectivity index (χ3n) is 5.58. The van der Waals surface area contributed by atoms with E-state index in [1.54, 1.807) is 39.0 Å². The molecule has 12 heteroatoms. The molecule has 2 heterocycles. The molecular weight excluding hydrogens is 535 g/mol. The van der Waals surface area contributed by atoms with Crippen LogP contribution in [0.3, 0.4) is 0 Å². The maximum absolute atomic E-state index is 13.5. The van der Waals surface area contributed by atoms with Gasteiger partial charge in [0.2, 0.25) is 5.69 Å². The van der Waals surface area contributed by atoms with Gasteiger partial charge in [-0.05, 0) is 50.6 Å². The summed E-state index contributed by atoms with van der Waals surface area (Å²) >= 11 is 6.11. The number of aryl methyl sites for hydroxylation is 2. The summed E-state index contributed by atoms with van der Waals surface area (Å²) in [5, 5.41) is 8.51. The summed E-state index contributed by atoms with van der Waals surface area (Å²) in [6, 6.07) is 7.89. The monoisotopic (exact) mass is 562 g/mol. The topological polar surface area (TPSA) is 96.2 Å². The smallest absolute Gasteiger partial charge is 0.350 e. The van der Waals surface area contributed by atoms with Crippen molar-refractivity contribution in [1.82, 2.24) is 10.3 Å². The number of fused-ring (bicyclic) bond motifs is 1. The van der Waals surface area contributed by atoms with Crippen LogP contribution in [0.1, 0.15) is 35.5 Å². The highest BCUT2D eigenvalue weighted by Crippen LogP contribution is 2.31. The Balaban J connectivity index is 2.19. The third-order valence-corrected chi connectivity index (χ3v) is 5.88. The predicted molar refractivity (Wildman–Crippen MR) is 144 cm³/mol. The molecule has 0 aliphatic rings. The number of hydrogen-bond donors (Lipinski definition) is 3. The number of benzene rings is 1. The molecule has 0 atom stereocenters. The molecule has 0 aliphatic heterocycles. The second-order valence-corrected chi connectivity index (χ2v) is 9.36. The molecule has 3 N–H and O–H groups in total. The number of aromatic nitrogens is 2. The van der Waals surface area contributed by atoms with Crippen molar-refractivity contribution < 1.29 is 32.3 Å². The van der Waals surface area contributed by atoms with Crippen molar-refractivity contribution in [3.63, 3.8) is 0 Å². The van der Waals surface area contributed by atoms with Crippen LogP contribution in [0.2, 0.25) is 5.02 Å². The Morgan fingerprint density at radius 1 is 1.18 bits per heavy atom. The number of pyridine rings is 2. The number of carbonyl (C=O) groups excluding carboxylic acids is 2. The Labute approximate surface area is 228 Å². The highest BCUT2D eigenvalue weighted by Gasteiger charge is 2.32. The molecular formula is C27H28ClF3N5O3+. The lowest BCUT2D eigenvalue weighted by molar-refractivity contribution is -0.869. The van der Waals surface area contributed by atoms with Crippen molar-refractivity contribution in [2.45, 2.75) is 39.9 Å². The molecule has 8 nitrogen and oxygen atoms in total. The van der Waals surface area contributed by atoms with Crippen molar-refractivity contribution in [3.8, 4) is 0 Å². The number of amides is 2. The van der Waals surface area contributed by atoms with Crippen LogP contribution in [-0.2, 0) is 4.79 Å². The van der Waals surface area contributed by atoms with E-state index in [0.717, 1.165) is 5.69 Å². The molecule has 0 radical (unpaired) electrons. The normalized spacial score (nSPS) is 11.9. The number of nitrogens with one attached hydrogen (secondary N) is 3. The van der Waals surface area contributed by atoms with Crippen LogP contribution in [0.15, 0.2) is 60.5 Å². The minimum atomic E-state index is -4.80. The number of carbonyl (C=O) groups is 2. The van der Waals surface area contributed by atoms with Gasteiger partial charge in [0.05, 0.1) is 27.2 Å². The zero-order chi connectivity index (χ0) is 29.1. The van der Waals surface area contributed by atoms with Gasteiger partial charge in [-0.15, -0.1) is 0 Å². The van der Waals surface area contributed by atoms with Gasteiger partial charge >= 0.3 is 6.18 Å². The zero-order valence-electron chi connectivity index (χ0n) is 22.0. The molecule has 0 fully saturated rings. The molecule has 0 saturated carbocycles. The first-order chi connectivity index (χ1) is 18.2. The Morgan fingerprint density at radius 3 is 2.46 bits per heavy atom. The molecule has 206 valence electrons. The van der Waals surface area contributed by atoms with E-state index in [1.807, 2.05) is 6.92 Å². The summed E-state index contributed by atoms with van der Waals surface area (Å²) in [5.74, 6) is -1.51. The van der Waals surface area contributed by atoms with Crippen LogP contribution in [0.25, 0.3) is 10.9 Å². The second kappa shape index (κ2) is 11.7. The van der Waals surface area contributed by atoms with Crippen LogP contribution >= 0.6 is 11.6 Å². The van der Waals surface area contributed by atoms with E-state index < -0.39 is 29.3 Å². The zero-order valence-corrected chi connectivity index (χ0v) is 22.7. The summed E-state index contributed by atoms with van der Waals surface area (Å²) in [6.45, 7) is 10.1. The standard InChI is InChI=1S/C27H27ClF3N5O3/c1-14(2)33-26(38)22-18-10-9-17(5)36(39-6)21(18)12-15(3)23(22)35-25(37)20(13-16(4)27(29,30)31)34-24-19(28)8-7-11-32-24/h7-14H,4H2,1-3,5-6H3,(H2-,32,33,34,35,37,38)/p+1/b20-13-. The minimum Gasteiger partial charge on any atom is -0.350 e. The van der Waals surface area contributed by atoms with Crippen molar-refractivity contribution in [3.05, 3.63) is 82.3 Å². The average molecular weight is 563 g/mol. The quantitative estimate of drug-likeness (QED) is 0.203. The van der Waals surface area contributed by atoms with Crippen molar-refractivity contribution in [2.24, 2.45) is 0 Å². The SMILES string of the molecule is C=C(/C=C(\Nc1ncccc1Cl)C(=O)Nc1c(C)cc2c(ccc(C)[n+]2OC)c1C(=O)NC(C)C)C(F)(F)F. The molecule has 2 amide bonds. The number of rotatable bonds is 8. The van der Waals surface area contributed by atoms with E-state index in [1.165, 1.54) is 30.2 Å². The summed E-state index contributed by atoms with van der Waals surface area (Å²) in [5.41, 5.74) is 0.175. The fourth-order valence-corrected chi connectivity index (χ4v) is 3.96. The molecule has 0 bridgehead atoms. The Kier molecular flexibility index (Phi) is 8.85. The molecule has 0 unspecified atom stereocenters. The Hall–Kier alpha value is -4.12. The summed E-state index contributed by atoms with van der Waals surface area (Å²) in [4.78, 5) is 36.3. The molecule has 0 spiro atoms. The maximum Gasteiger partial charge on any atom is 0.415 e. The molecule has 1 aromatic carbocycles. The van der Waals surface area contributed by atoms with Crippen molar-refractivity contribution in [1.29, 1.82) is 0 Å². The van der Waals surface area contributed by atoms with E-state index in [4.69, 9.17) is 16.4 Å². The van der Waals surface area contributed by atoms with Gasteiger partial charge in [0.25, 0.3) is 17.3 Å². The highest BCUT2D eigenvalue weighted by molar-refractivity contribution is 6.33. The van der Waals surface area contributed by atoms with Gasteiger partial charge in [-0.1, -0.05) is 18.2 Å². The number of hydrogen-bond acceptors (Lipinski definition) is 5. The van der Waals surface area contributed by atoms with Gasteiger partial charge < -0.3 is 16.0 Å². The van der Waals surface area contributed by atoms with Gasteiger partial charge in [0, 0.05) is 36.0 Å². The van der Waals surface area contributed by atoms with Crippen LogP contribution < -0.4 is 25.5 Å². The van der Waals surface area contributed by atoms with Gasteiger partial charge in [-0.25, -0.2) is 4.98 Å². The first-order valence-electron chi connectivity index (χ1n) is 11.8. The number of anilines is 2. The van der Waals surface area contributed by atoms with Crippen LogP contribution in [0.5, 0.6) is 0 Å². The molecule has 3 rings (SSSR count). The van der Waals surface area contributed by atoms with Crippen molar-refractivity contribution in [2.75, 3.05) is 17.7 Å². The molecule has 2 aromatic heterocycles. The van der Waals surface area contributed by atoms with Gasteiger partial charge in [-0.2, -0.15) is 13.2 Å². The van der Waals surface area contributed by atoms with Gasteiger partial charge in [-0.3, -0.25) is 14.4 Å². The number of halogens is 4. The molecule has 0 aliphatic carbocycles. The average Bonchev–Trinajstić information content (AvgIpc) is 2.84. The highest BCUT2D eigenvalue weighted by atomic mass is 35.5. The lowest BCUT2D eigenvalue weighted by Crippen LogP contribution is -2.44. The fraction of sp³-hybridized carbons (Fsp3) is 0.259. The molecule has 0 saturated heterocycles. The lowest BCUT2D eigenvalue weighted by atomic mass is 9.99. The van der Waals surface area contributed by atoms with Crippen molar-refractivity contribution >= 4 is 45.8 Å². The minimum absolute atomic E-state index is 0.0415. The fourth-order valence-electron chi connectivity index (χ4n) is 3.79. The van der Waals surface area contributed by atoms with E-state index in [2.05, 4.69) is 27.5 Å². The third kappa shape index (κ3) is 6.66. The first kappa shape index (κ1) is 29.4. The molecule has 39 heavy (non-hydrogen) atoms. The summed E-state index contributed by atoms with van der Waals surface area (Å²) < 4.78 is 41.5. The summed E-state index contributed by atoms with van der Waals surface area (Å²) in [7, 11) is 1.48. The second-order valence-electron chi connectivity index (χ2n) is 8.95. The first-order valence-corrected chi connectivity index (χ1v) is 12.1. The predicted octanol–water partition coefficient (Wildman–Crippen LogP) is 5.04. The largest absolute Gasteiger partial charge is 0.415 e. The Bertz CT molecular complexity index is 1490. The number of allylic oxidation sites excluding steroid dienone is 2. The van der Waals surface area contributed by atoms with E-state index >= 15 is 0 Å². The van der Waals surface area contributed by atoms with Crippen LogP contribution in [-0.4, -0.2) is 36.1 Å². The van der Waals surface area contributed by atoms with Gasteiger partial charge in [0.1, 0.15) is 18.6 Å². The van der Waals surface area contributed by atoms with Gasteiger partial charge in [0.15, 0.2) is 0 Å². The van der Waals surface area contributed by atoms with E-state index in [0.29, 0.717) is 22.5 Å². The number of nitrogens with zero attached hydrogens (tertiary/aromatic N) is 2. The lowest BCUT2D eigenvalue weighted by Gasteiger charge is -2.19. The Morgan fingerprint density at radius 2 is 1.87 bits per heavy atom. The van der Waals surface area contributed by atoms with E-state index in [9.17, 15) is 22.8 Å². The molecule has 3 aromatic rings.